The number of fused-ring (bicyclic) bond motifs is 3. The molecular formula is C31H46O8S. The predicted molar refractivity (Wildman–Crippen MR) is 153 cm³/mol. The topological polar surface area (TPSA) is 89.5 Å². The van der Waals surface area contributed by atoms with Crippen molar-refractivity contribution in [3.05, 3.63) is 35.9 Å². The number of carbonyl (C=O) groups excluding carboxylic acids is 2. The number of hydrogen-bond acceptors (Lipinski definition) is 9. The van der Waals surface area contributed by atoms with E-state index < -0.39 is 65.6 Å². The van der Waals surface area contributed by atoms with Crippen LogP contribution in [0.15, 0.2) is 30.3 Å². The van der Waals surface area contributed by atoms with Gasteiger partial charge in [0.05, 0.1) is 11.8 Å². The summed E-state index contributed by atoms with van der Waals surface area (Å²) in [4.78, 5) is 26.8. The average molecular weight is 579 g/mol. The Labute approximate surface area is 243 Å². The lowest BCUT2D eigenvalue weighted by molar-refractivity contribution is -0.214. The molecule has 0 radical (unpaired) electrons. The fraction of sp³-hybridized carbons (Fsp3) is 0.742. The Morgan fingerprint density at radius 2 is 1.35 bits per heavy atom. The van der Waals surface area contributed by atoms with E-state index in [1.165, 1.54) is 0 Å². The number of hydrogen-bond donors (Lipinski definition) is 0. The number of benzene rings is 1. The maximum atomic E-state index is 13.6. The Morgan fingerprint density at radius 3 is 1.85 bits per heavy atom. The monoisotopic (exact) mass is 578 g/mol. The largest absolute Gasteiger partial charge is 0.455 e. The Kier molecular flexibility index (Phi) is 9.32. The summed E-state index contributed by atoms with van der Waals surface area (Å²) in [6, 6.07) is 10.0. The van der Waals surface area contributed by atoms with Gasteiger partial charge in [0, 0.05) is 5.25 Å². The van der Waals surface area contributed by atoms with E-state index in [-0.39, 0.29) is 11.7 Å². The zero-order valence-corrected chi connectivity index (χ0v) is 26.1. The van der Waals surface area contributed by atoms with Gasteiger partial charge in [-0.3, -0.25) is 9.59 Å². The molecule has 1 aromatic rings. The summed E-state index contributed by atoms with van der Waals surface area (Å²) in [7, 11) is 0. The van der Waals surface area contributed by atoms with Gasteiger partial charge in [-0.1, -0.05) is 44.2 Å². The molecule has 1 saturated carbocycles. The van der Waals surface area contributed by atoms with Gasteiger partial charge in [-0.2, -0.15) is 11.8 Å². The van der Waals surface area contributed by atoms with Crippen LogP contribution < -0.4 is 0 Å². The fourth-order valence-corrected chi connectivity index (χ4v) is 6.83. The van der Waals surface area contributed by atoms with Crippen LogP contribution in [0.2, 0.25) is 0 Å². The number of thioether (sulfide) groups is 1. The molecular weight excluding hydrogens is 532 g/mol. The molecule has 0 spiro atoms. The Hall–Kier alpha value is -1.65. The lowest BCUT2D eigenvalue weighted by Crippen LogP contribution is -2.64. The minimum absolute atomic E-state index is 0.0719. The second kappa shape index (κ2) is 11.9. The normalized spacial score (nSPS) is 31.4. The van der Waals surface area contributed by atoms with Crippen LogP contribution in [0.4, 0.5) is 0 Å². The fourth-order valence-electron chi connectivity index (χ4n) is 5.33. The van der Waals surface area contributed by atoms with Gasteiger partial charge in [-0.25, -0.2) is 0 Å². The van der Waals surface area contributed by atoms with Crippen molar-refractivity contribution >= 4 is 23.7 Å². The number of ether oxygens (including phenoxy) is 6. The van der Waals surface area contributed by atoms with Crippen LogP contribution in [0.1, 0.15) is 86.0 Å². The summed E-state index contributed by atoms with van der Waals surface area (Å²) >= 11 is 1.76. The molecule has 3 fully saturated rings. The highest BCUT2D eigenvalue weighted by Gasteiger charge is 2.66. The standard InChI is InChI=1S/C31H46O8S/c1-18(2)15-16-40-20(19-13-11-10-12-14-19)17-21(32)34-22-23(35-28(33)29(3,4)5)25-27(39-31(8,9)37-25)26-24(22)36-30(6,7)38-26/h10-14,18,20,22-27H,15-17H2,1-9H3/t20-,22+,23+,24-,25-,26-,27-/m1/s1. The summed E-state index contributed by atoms with van der Waals surface area (Å²) in [5, 5.41) is -0.0719. The molecule has 8 nitrogen and oxygen atoms in total. The maximum Gasteiger partial charge on any atom is 0.311 e. The summed E-state index contributed by atoms with van der Waals surface area (Å²) in [5.74, 6) is -1.19. The van der Waals surface area contributed by atoms with Gasteiger partial charge in [-0.05, 0) is 72.1 Å². The van der Waals surface area contributed by atoms with Crippen LogP contribution in [0.3, 0.4) is 0 Å². The molecule has 2 aliphatic heterocycles. The highest BCUT2D eigenvalue weighted by Crippen LogP contribution is 2.47. The first-order chi connectivity index (χ1) is 18.6. The zero-order valence-electron chi connectivity index (χ0n) is 25.3. The smallest absolute Gasteiger partial charge is 0.311 e. The van der Waals surface area contributed by atoms with Crippen molar-refractivity contribution in [3.63, 3.8) is 0 Å². The van der Waals surface area contributed by atoms with E-state index in [0.717, 1.165) is 17.7 Å². The van der Waals surface area contributed by atoms with Crippen molar-refractivity contribution in [1.82, 2.24) is 0 Å². The van der Waals surface area contributed by atoms with Crippen LogP contribution in [0.25, 0.3) is 0 Å². The number of carbonyl (C=O) groups is 2. The summed E-state index contributed by atoms with van der Waals surface area (Å²) < 4.78 is 37.3. The Balaban J connectivity index is 1.61. The first-order valence-corrected chi connectivity index (χ1v) is 15.4. The molecule has 0 unspecified atom stereocenters. The third kappa shape index (κ3) is 7.40. The average Bonchev–Trinajstić information content (AvgIpc) is 3.34. The van der Waals surface area contributed by atoms with Crippen molar-refractivity contribution in [3.8, 4) is 0 Å². The lowest BCUT2D eigenvalue weighted by Gasteiger charge is -2.42. The van der Waals surface area contributed by atoms with Gasteiger partial charge in [-0.15, -0.1) is 0 Å². The predicted octanol–water partition coefficient (Wildman–Crippen LogP) is 5.82. The van der Waals surface area contributed by atoms with Gasteiger partial charge in [0.15, 0.2) is 23.8 Å². The first-order valence-electron chi connectivity index (χ1n) is 14.3. The molecule has 1 aliphatic carbocycles. The number of rotatable bonds is 9. The minimum atomic E-state index is -0.942. The first kappa shape index (κ1) is 31.3. The van der Waals surface area contributed by atoms with E-state index in [9.17, 15) is 9.59 Å². The third-order valence-electron chi connectivity index (χ3n) is 7.28. The lowest BCUT2D eigenvalue weighted by atomic mass is 9.84. The van der Waals surface area contributed by atoms with E-state index in [1.807, 2.05) is 58.0 Å². The van der Waals surface area contributed by atoms with Gasteiger partial charge in [0.25, 0.3) is 0 Å². The quantitative estimate of drug-likeness (QED) is 0.336. The van der Waals surface area contributed by atoms with E-state index >= 15 is 0 Å². The van der Waals surface area contributed by atoms with E-state index in [0.29, 0.717) is 5.92 Å². The molecule has 0 N–H and O–H groups in total. The molecule has 9 heteroatoms. The molecule has 3 aliphatic rings. The van der Waals surface area contributed by atoms with Crippen molar-refractivity contribution in [2.45, 2.75) is 129 Å². The molecule has 1 aromatic carbocycles. The Morgan fingerprint density at radius 1 is 0.850 bits per heavy atom. The van der Waals surface area contributed by atoms with Crippen LogP contribution in [0, 0.1) is 11.3 Å². The third-order valence-corrected chi connectivity index (χ3v) is 8.60. The van der Waals surface area contributed by atoms with E-state index in [1.54, 1.807) is 32.5 Å². The summed E-state index contributed by atoms with van der Waals surface area (Å²) in [6.45, 7) is 17.0. The molecule has 7 atom stereocenters. The molecule has 224 valence electrons. The SMILES string of the molecule is CC(C)CCS[C@H](CC(=O)O[C@H]1[C@H](OC(=O)C(C)(C)C)[C@H]2OC(C)(C)O[C@H]2[C@@H]2OC(C)(C)O[C@H]12)c1ccccc1. The summed E-state index contributed by atoms with van der Waals surface area (Å²) in [6.07, 6.45) is -3.14. The molecule has 2 heterocycles. The van der Waals surface area contributed by atoms with Crippen molar-refractivity contribution in [2.75, 3.05) is 5.75 Å². The van der Waals surface area contributed by atoms with Crippen LogP contribution in [0.5, 0.6) is 0 Å². The molecule has 0 amide bonds. The van der Waals surface area contributed by atoms with Gasteiger partial charge in [0.1, 0.15) is 24.4 Å². The van der Waals surface area contributed by atoms with E-state index in [2.05, 4.69) is 13.8 Å². The van der Waals surface area contributed by atoms with E-state index in [4.69, 9.17) is 28.4 Å². The number of esters is 2. The van der Waals surface area contributed by atoms with Crippen LogP contribution in [-0.2, 0) is 38.0 Å². The van der Waals surface area contributed by atoms with Gasteiger partial charge in [0.2, 0.25) is 0 Å². The van der Waals surface area contributed by atoms with Crippen molar-refractivity contribution in [2.24, 2.45) is 11.3 Å². The maximum absolute atomic E-state index is 13.6. The van der Waals surface area contributed by atoms with Crippen molar-refractivity contribution in [1.29, 1.82) is 0 Å². The van der Waals surface area contributed by atoms with Crippen molar-refractivity contribution < 1.29 is 38.0 Å². The summed E-state index contributed by atoms with van der Waals surface area (Å²) in [5.41, 5.74) is 0.301. The molecule has 0 aromatic heterocycles. The van der Waals surface area contributed by atoms with Crippen LogP contribution >= 0.6 is 11.8 Å². The highest BCUT2D eigenvalue weighted by atomic mass is 32.2. The molecule has 4 rings (SSSR count). The highest BCUT2D eigenvalue weighted by molar-refractivity contribution is 7.99. The second-order valence-electron chi connectivity index (χ2n) is 13.4. The molecule has 0 bridgehead atoms. The zero-order chi connectivity index (χ0) is 29.5. The van der Waals surface area contributed by atoms with Gasteiger partial charge < -0.3 is 28.4 Å². The molecule has 40 heavy (non-hydrogen) atoms. The van der Waals surface area contributed by atoms with Gasteiger partial charge >= 0.3 is 11.9 Å². The Bertz CT molecular complexity index is 1030. The van der Waals surface area contributed by atoms with Crippen LogP contribution in [-0.4, -0.2) is 65.9 Å². The second-order valence-corrected chi connectivity index (χ2v) is 14.7. The molecule has 2 saturated heterocycles. The minimum Gasteiger partial charge on any atom is -0.455 e.